The van der Waals surface area contributed by atoms with E-state index in [0.717, 1.165) is 21.3 Å². The predicted molar refractivity (Wildman–Crippen MR) is 127 cm³/mol. The maximum absolute atomic E-state index is 13.5. The SMILES string of the molecule is CN1C(=O)C2(C[C@@](C)(Cc3ccccc3)Oc3cnc(-c4ccc(Br)cc4)cc32)N=C1N. The molecule has 0 saturated carbocycles. The molecule has 2 atom stereocenters. The van der Waals surface area contributed by atoms with Crippen molar-refractivity contribution >= 4 is 27.8 Å². The summed E-state index contributed by atoms with van der Waals surface area (Å²) in [6, 6.07) is 19.9. The molecule has 1 unspecified atom stereocenters. The number of fused-ring (bicyclic) bond motifs is 2. The molecule has 0 bridgehead atoms. The summed E-state index contributed by atoms with van der Waals surface area (Å²) >= 11 is 3.47. The Bertz CT molecular complexity index is 1230. The van der Waals surface area contributed by atoms with E-state index < -0.39 is 11.1 Å². The molecule has 32 heavy (non-hydrogen) atoms. The van der Waals surface area contributed by atoms with Crippen LogP contribution in [0.5, 0.6) is 5.75 Å². The number of nitrogens with two attached hydrogens (primary N) is 1. The number of guanidine groups is 1. The minimum Gasteiger partial charge on any atom is -0.485 e. The van der Waals surface area contributed by atoms with Gasteiger partial charge in [0.15, 0.2) is 11.5 Å². The molecule has 3 aromatic rings. The van der Waals surface area contributed by atoms with Crippen molar-refractivity contribution in [2.45, 2.75) is 30.9 Å². The number of carbonyl (C=O) groups is 1. The molecule has 2 aliphatic heterocycles. The smallest absolute Gasteiger partial charge is 0.261 e. The summed E-state index contributed by atoms with van der Waals surface area (Å²) in [7, 11) is 1.66. The van der Waals surface area contributed by atoms with Crippen LogP contribution in [0.2, 0.25) is 0 Å². The van der Waals surface area contributed by atoms with Crippen LogP contribution in [0.3, 0.4) is 0 Å². The van der Waals surface area contributed by atoms with Crippen molar-refractivity contribution in [3.63, 3.8) is 0 Å². The number of rotatable bonds is 3. The number of likely N-dealkylation sites (N-methyl/N-ethyl adjacent to an activating group) is 1. The molecule has 1 amide bonds. The number of halogens is 1. The van der Waals surface area contributed by atoms with Crippen LogP contribution < -0.4 is 10.5 Å². The van der Waals surface area contributed by atoms with Crippen molar-refractivity contribution in [2.24, 2.45) is 10.7 Å². The molecule has 2 N–H and O–H groups in total. The van der Waals surface area contributed by atoms with Crippen molar-refractivity contribution < 1.29 is 9.53 Å². The fourth-order valence-electron chi connectivity index (χ4n) is 4.68. The molecular weight excluding hydrogens is 468 g/mol. The largest absolute Gasteiger partial charge is 0.485 e. The summed E-state index contributed by atoms with van der Waals surface area (Å²) < 4.78 is 7.47. The summed E-state index contributed by atoms with van der Waals surface area (Å²) in [6.45, 7) is 2.02. The number of nitrogens with zero attached hydrogens (tertiary/aromatic N) is 3. The van der Waals surface area contributed by atoms with E-state index >= 15 is 0 Å². The minimum atomic E-state index is -1.14. The molecule has 3 heterocycles. The average Bonchev–Trinajstić information content (AvgIpc) is 2.98. The first-order valence-corrected chi connectivity index (χ1v) is 11.2. The average molecular weight is 491 g/mol. The van der Waals surface area contributed by atoms with Crippen molar-refractivity contribution in [3.05, 3.63) is 82.5 Å². The predicted octanol–water partition coefficient (Wildman–Crippen LogP) is 4.28. The van der Waals surface area contributed by atoms with E-state index in [4.69, 9.17) is 15.5 Å². The molecule has 6 nitrogen and oxygen atoms in total. The first kappa shape index (κ1) is 20.7. The summed E-state index contributed by atoms with van der Waals surface area (Å²) in [5.41, 5.74) is 7.87. The zero-order valence-corrected chi connectivity index (χ0v) is 19.5. The number of amides is 1. The molecule has 0 saturated heterocycles. The van der Waals surface area contributed by atoms with E-state index in [1.54, 1.807) is 13.2 Å². The number of hydrogen-bond acceptors (Lipinski definition) is 5. The summed E-state index contributed by atoms with van der Waals surface area (Å²) in [4.78, 5) is 24.3. The molecule has 162 valence electrons. The zero-order valence-electron chi connectivity index (χ0n) is 17.9. The van der Waals surface area contributed by atoms with Crippen LogP contribution in [0, 0.1) is 0 Å². The zero-order chi connectivity index (χ0) is 22.5. The maximum atomic E-state index is 13.5. The molecule has 7 heteroatoms. The molecular formula is C25H23BrN4O2. The Kier molecular flexibility index (Phi) is 4.82. The Morgan fingerprint density at radius 1 is 1.16 bits per heavy atom. The number of carbonyl (C=O) groups excluding carboxylic acids is 1. The summed E-state index contributed by atoms with van der Waals surface area (Å²) in [5, 5.41) is 0. The Labute approximate surface area is 195 Å². The Morgan fingerprint density at radius 2 is 1.88 bits per heavy atom. The number of pyridine rings is 1. The molecule has 0 fully saturated rings. The van der Waals surface area contributed by atoms with Gasteiger partial charge in [-0.3, -0.25) is 14.7 Å². The number of aromatic nitrogens is 1. The van der Waals surface area contributed by atoms with Crippen LogP contribution in [0.1, 0.15) is 24.5 Å². The van der Waals surface area contributed by atoms with Gasteiger partial charge in [0.1, 0.15) is 11.4 Å². The summed E-state index contributed by atoms with van der Waals surface area (Å²) in [6.07, 6.45) is 2.72. The fourth-order valence-corrected chi connectivity index (χ4v) is 4.94. The Hall–Kier alpha value is -3.19. The van der Waals surface area contributed by atoms with E-state index in [1.165, 1.54) is 4.90 Å². The number of aliphatic imine (C=N–C) groups is 1. The lowest BCUT2D eigenvalue weighted by atomic mass is 9.75. The van der Waals surface area contributed by atoms with Crippen molar-refractivity contribution in [3.8, 4) is 17.0 Å². The van der Waals surface area contributed by atoms with E-state index in [-0.39, 0.29) is 11.9 Å². The van der Waals surface area contributed by atoms with E-state index in [9.17, 15) is 4.79 Å². The van der Waals surface area contributed by atoms with Gasteiger partial charge in [0.25, 0.3) is 5.91 Å². The third kappa shape index (κ3) is 3.37. The topological polar surface area (TPSA) is 80.8 Å². The van der Waals surface area contributed by atoms with Gasteiger partial charge in [-0.15, -0.1) is 0 Å². The quantitative estimate of drug-likeness (QED) is 0.593. The van der Waals surface area contributed by atoms with Crippen LogP contribution in [-0.4, -0.2) is 34.4 Å². The molecule has 2 aliphatic rings. The lowest BCUT2D eigenvalue weighted by Gasteiger charge is -2.43. The maximum Gasteiger partial charge on any atom is 0.261 e. The first-order chi connectivity index (χ1) is 15.3. The molecule has 2 aromatic carbocycles. The number of hydrogen-bond donors (Lipinski definition) is 1. The highest BCUT2D eigenvalue weighted by Crippen LogP contribution is 2.50. The minimum absolute atomic E-state index is 0.146. The second-order valence-electron chi connectivity index (χ2n) is 8.66. The van der Waals surface area contributed by atoms with Gasteiger partial charge in [-0.2, -0.15) is 0 Å². The number of benzene rings is 2. The van der Waals surface area contributed by atoms with E-state index in [2.05, 4.69) is 33.0 Å². The van der Waals surface area contributed by atoms with Crippen molar-refractivity contribution in [1.29, 1.82) is 0 Å². The Morgan fingerprint density at radius 3 is 2.53 bits per heavy atom. The molecule has 1 spiro atoms. The monoisotopic (exact) mass is 490 g/mol. The highest BCUT2D eigenvalue weighted by atomic mass is 79.9. The van der Waals surface area contributed by atoms with Crippen molar-refractivity contribution in [2.75, 3.05) is 7.05 Å². The van der Waals surface area contributed by atoms with Gasteiger partial charge < -0.3 is 10.5 Å². The van der Waals surface area contributed by atoms with Crippen LogP contribution in [0.15, 0.2) is 76.3 Å². The van der Waals surface area contributed by atoms with Crippen molar-refractivity contribution in [1.82, 2.24) is 9.88 Å². The van der Waals surface area contributed by atoms with Gasteiger partial charge >= 0.3 is 0 Å². The standard InChI is InChI=1S/C25H23BrN4O2/c1-24(13-16-6-4-3-5-7-16)15-25(22(31)30(2)23(27)29-25)19-12-20(28-14-21(19)32-24)17-8-10-18(26)11-9-17/h3-12,14H,13,15H2,1-2H3,(H2,27,29)/t24-,25?/m1/s1. The third-order valence-electron chi connectivity index (χ3n) is 6.17. The van der Waals surface area contributed by atoms with Crippen LogP contribution in [0.25, 0.3) is 11.3 Å². The fraction of sp³-hybridized carbons (Fsp3) is 0.240. The van der Waals surface area contributed by atoms with Gasteiger partial charge in [0, 0.05) is 35.5 Å². The van der Waals surface area contributed by atoms with Crippen LogP contribution in [0.4, 0.5) is 0 Å². The molecule has 0 aliphatic carbocycles. The first-order valence-electron chi connectivity index (χ1n) is 10.4. The summed E-state index contributed by atoms with van der Waals surface area (Å²) in [5.74, 6) is 0.634. The normalized spacial score (nSPS) is 24.3. The second kappa shape index (κ2) is 7.45. The van der Waals surface area contributed by atoms with Gasteiger partial charge in [-0.25, -0.2) is 4.99 Å². The highest BCUT2D eigenvalue weighted by Gasteiger charge is 2.56. The lowest BCUT2D eigenvalue weighted by molar-refractivity contribution is -0.133. The lowest BCUT2D eigenvalue weighted by Crippen LogP contribution is -2.51. The van der Waals surface area contributed by atoms with Gasteiger partial charge in [-0.05, 0) is 30.7 Å². The molecule has 0 radical (unpaired) electrons. The van der Waals surface area contributed by atoms with Gasteiger partial charge in [0.05, 0.1) is 11.9 Å². The van der Waals surface area contributed by atoms with Crippen LogP contribution >= 0.6 is 15.9 Å². The second-order valence-corrected chi connectivity index (χ2v) is 9.57. The van der Waals surface area contributed by atoms with Gasteiger partial charge in [0.2, 0.25) is 0 Å². The molecule has 5 rings (SSSR count). The highest BCUT2D eigenvalue weighted by molar-refractivity contribution is 9.10. The third-order valence-corrected chi connectivity index (χ3v) is 6.70. The van der Waals surface area contributed by atoms with Gasteiger partial charge in [-0.1, -0.05) is 58.4 Å². The Balaban J connectivity index is 1.64. The molecule has 1 aromatic heterocycles. The van der Waals surface area contributed by atoms with Crippen LogP contribution in [-0.2, 0) is 16.8 Å². The van der Waals surface area contributed by atoms with E-state index in [1.807, 2.05) is 55.5 Å². The number of ether oxygens (including phenoxy) is 1. The van der Waals surface area contributed by atoms with E-state index in [0.29, 0.717) is 24.2 Å².